The number of nitrogens with zero attached hydrogens (tertiary/aromatic N) is 3. The Bertz CT molecular complexity index is 1110. The summed E-state index contributed by atoms with van der Waals surface area (Å²) in [6, 6.07) is 20.7. The van der Waals surface area contributed by atoms with Gasteiger partial charge in [0.15, 0.2) is 5.82 Å². The molecule has 0 radical (unpaired) electrons. The van der Waals surface area contributed by atoms with Crippen molar-refractivity contribution in [1.29, 1.82) is 0 Å². The minimum absolute atomic E-state index is 0.0669. The summed E-state index contributed by atoms with van der Waals surface area (Å²) >= 11 is 5.99. The number of amides is 1. The van der Waals surface area contributed by atoms with Gasteiger partial charge in [-0.05, 0) is 43.3 Å². The average molecular weight is 407 g/mol. The largest absolute Gasteiger partial charge is 0.317 e. The van der Waals surface area contributed by atoms with Gasteiger partial charge in [0, 0.05) is 10.6 Å². The molecule has 0 saturated heterocycles. The molecule has 0 spiro atoms. The number of hydrogen-bond acceptors (Lipinski definition) is 3. The van der Waals surface area contributed by atoms with E-state index in [0.717, 1.165) is 11.1 Å². The Morgan fingerprint density at radius 3 is 2.38 bits per heavy atom. The van der Waals surface area contributed by atoms with Crippen molar-refractivity contribution in [3.05, 3.63) is 95.0 Å². The molecule has 4 aromatic rings. The van der Waals surface area contributed by atoms with E-state index in [0.29, 0.717) is 16.5 Å². The maximum absolute atomic E-state index is 13.9. The second-order valence-electron chi connectivity index (χ2n) is 6.45. The molecule has 0 atom stereocenters. The molecule has 5 nitrogen and oxygen atoms in total. The van der Waals surface area contributed by atoms with Crippen LogP contribution in [-0.4, -0.2) is 20.7 Å². The Morgan fingerprint density at radius 1 is 1.00 bits per heavy atom. The van der Waals surface area contributed by atoms with Crippen LogP contribution < -0.4 is 5.32 Å². The first-order valence-electron chi connectivity index (χ1n) is 8.87. The van der Waals surface area contributed by atoms with Crippen molar-refractivity contribution in [1.82, 2.24) is 14.8 Å². The third-order valence-corrected chi connectivity index (χ3v) is 4.57. The van der Waals surface area contributed by atoms with Crippen molar-refractivity contribution in [2.45, 2.75) is 6.92 Å². The summed E-state index contributed by atoms with van der Waals surface area (Å²) in [7, 11) is 0. The number of benzene rings is 3. The van der Waals surface area contributed by atoms with E-state index in [-0.39, 0.29) is 11.5 Å². The summed E-state index contributed by atoms with van der Waals surface area (Å²) in [4.78, 5) is 17.1. The third kappa shape index (κ3) is 4.02. The molecular formula is C22H16ClFN4O. The molecule has 4 rings (SSSR count). The van der Waals surface area contributed by atoms with Gasteiger partial charge in [-0.15, -0.1) is 5.10 Å². The van der Waals surface area contributed by atoms with E-state index in [2.05, 4.69) is 15.4 Å². The average Bonchev–Trinajstić information content (AvgIpc) is 3.16. The van der Waals surface area contributed by atoms with Gasteiger partial charge in [-0.3, -0.25) is 4.79 Å². The summed E-state index contributed by atoms with van der Waals surface area (Å²) in [6.45, 7) is 1.99. The lowest BCUT2D eigenvalue weighted by Crippen LogP contribution is -2.15. The number of nitrogens with one attached hydrogen (secondary N) is 1. The fraction of sp³-hybridized carbons (Fsp3) is 0.0455. The SMILES string of the molecule is Cc1ccc(-c2nc(C(=O)Nc3ccccc3F)nn2-c2ccc(Cl)cc2)cc1. The first-order chi connectivity index (χ1) is 14.0. The van der Waals surface area contributed by atoms with Gasteiger partial charge in [0.05, 0.1) is 11.4 Å². The predicted molar refractivity (Wildman–Crippen MR) is 111 cm³/mol. The molecular weight excluding hydrogens is 391 g/mol. The fourth-order valence-electron chi connectivity index (χ4n) is 2.80. The Hall–Kier alpha value is -3.51. The van der Waals surface area contributed by atoms with E-state index in [1.54, 1.807) is 41.1 Å². The van der Waals surface area contributed by atoms with Crippen LogP contribution in [0.2, 0.25) is 5.02 Å². The number of rotatable bonds is 4. The van der Waals surface area contributed by atoms with Crippen molar-refractivity contribution in [2.75, 3.05) is 5.32 Å². The molecule has 0 aliphatic rings. The fourth-order valence-corrected chi connectivity index (χ4v) is 2.93. The van der Waals surface area contributed by atoms with Crippen LogP contribution in [0, 0.1) is 12.7 Å². The van der Waals surface area contributed by atoms with E-state index in [1.807, 2.05) is 31.2 Å². The first kappa shape index (κ1) is 18.8. The molecule has 7 heteroatoms. The Labute approximate surface area is 171 Å². The number of aryl methyl sites for hydroxylation is 1. The third-order valence-electron chi connectivity index (χ3n) is 4.31. The molecule has 1 heterocycles. The van der Waals surface area contributed by atoms with Gasteiger partial charge in [0.25, 0.3) is 5.91 Å². The molecule has 0 unspecified atom stereocenters. The van der Waals surface area contributed by atoms with Gasteiger partial charge in [0.2, 0.25) is 5.82 Å². The lowest BCUT2D eigenvalue weighted by atomic mass is 10.1. The highest BCUT2D eigenvalue weighted by molar-refractivity contribution is 6.30. The summed E-state index contributed by atoms with van der Waals surface area (Å²) in [5.74, 6) is -0.710. The highest BCUT2D eigenvalue weighted by Gasteiger charge is 2.19. The minimum Gasteiger partial charge on any atom is -0.317 e. The lowest BCUT2D eigenvalue weighted by Gasteiger charge is -2.06. The molecule has 1 aromatic heterocycles. The summed E-state index contributed by atoms with van der Waals surface area (Å²) in [6.07, 6.45) is 0. The van der Waals surface area contributed by atoms with E-state index in [1.165, 1.54) is 12.1 Å². The van der Waals surface area contributed by atoms with Crippen LogP contribution in [0.4, 0.5) is 10.1 Å². The van der Waals surface area contributed by atoms with Gasteiger partial charge < -0.3 is 5.32 Å². The summed E-state index contributed by atoms with van der Waals surface area (Å²) in [5, 5.41) is 7.46. The zero-order valence-electron chi connectivity index (χ0n) is 15.4. The normalized spacial score (nSPS) is 10.7. The van der Waals surface area contributed by atoms with Gasteiger partial charge in [-0.1, -0.05) is 53.6 Å². The number of carbonyl (C=O) groups excluding carboxylic acids is 1. The summed E-state index contributed by atoms with van der Waals surface area (Å²) in [5.41, 5.74) is 2.66. The standard InChI is InChI=1S/C22H16ClFN4O/c1-14-6-8-15(9-7-14)21-26-20(22(29)25-19-5-3-2-4-18(19)24)27-28(21)17-12-10-16(23)11-13-17/h2-13H,1H3,(H,25,29). The Kier molecular flexibility index (Phi) is 5.10. The molecule has 0 aliphatic carbocycles. The van der Waals surface area contributed by atoms with E-state index in [9.17, 15) is 9.18 Å². The van der Waals surface area contributed by atoms with Gasteiger partial charge >= 0.3 is 0 Å². The molecule has 3 aromatic carbocycles. The number of halogens is 2. The van der Waals surface area contributed by atoms with Crippen molar-refractivity contribution >= 4 is 23.2 Å². The van der Waals surface area contributed by atoms with Crippen LogP contribution in [0.5, 0.6) is 0 Å². The van der Waals surface area contributed by atoms with Crippen LogP contribution in [0.1, 0.15) is 16.2 Å². The highest BCUT2D eigenvalue weighted by atomic mass is 35.5. The minimum atomic E-state index is -0.601. The second-order valence-corrected chi connectivity index (χ2v) is 6.88. The van der Waals surface area contributed by atoms with Crippen LogP contribution in [0.25, 0.3) is 17.1 Å². The van der Waals surface area contributed by atoms with Gasteiger partial charge in [-0.25, -0.2) is 14.1 Å². The molecule has 1 amide bonds. The number of para-hydroxylation sites is 1. The predicted octanol–water partition coefficient (Wildman–Crippen LogP) is 5.29. The van der Waals surface area contributed by atoms with E-state index in [4.69, 9.17) is 11.6 Å². The second kappa shape index (κ2) is 7.85. The lowest BCUT2D eigenvalue weighted by molar-refractivity contribution is 0.101. The van der Waals surface area contributed by atoms with Crippen molar-refractivity contribution in [2.24, 2.45) is 0 Å². The van der Waals surface area contributed by atoms with Gasteiger partial charge in [0.1, 0.15) is 5.82 Å². The topological polar surface area (TPSA) is 59.8 Å². The zero-order valence-corrected chi connectivity index (χ0v) is 16.2. The van der Waals surface area contributed by atoms with Gasteiger partial charge in [-0.2, -0.15) is 0 Å². The molecule has 144 valence electrons. The van der Waals surface area contributed by atoms with Crippen molar-refractivity contribution in [3.8, 4) is 17.1 Å². The van der Waals surface area contributed by atoms with Crippen LogP contribution in [-0.2, 0) is 0 Å². The van der Waals surface area contributed by atoms with Crippen LogP contribution >= 0.6 is 11.6 Å². The Balaban J connectivity index is 1.76. The van der Waals surface area contributed by atoms with Crippen LogP contribution in [0.3, 0.4) is 0 Å². The quantitative estimate of drug-likeness (QED) is 0.501. The highest BCUT2D eigenvalue weighted by Crippen LogP contribution is 2.23. The number of aromatic nitrogens is 3. The number of carbonyl (C=O) groups is 1. The maximum Gasteiger partial charge on any atom is 0.295 e. The monoisotopic (exact) mass is 406 g/mol. The maximum atomic E-state index is 13.9. The molecule has 1 N–H and O–H groups in total. The molecule has 0 fully saturated rings. The van der Waals surface area contributed by atoms with Crippen molar-refractivity contribution in [3.63, 3.8) is 0 Å². The van der Waals surface area contributed by atoms with Crippen LogP contribution in [0.15, 0.2) is 72.8 Å². The molecule has 0 aliphatic heterocycles. The van der Waals surface area contributed by atoms with E-state index >= 15 is 0 Å². The molecule has 29 heavy (non-hydrogen) atoms. The number of anilines is 1. The summed E-state index contributed by atoms with van der Waals surface area (Å²) < 4.78 is 15.4. The smallest absolute Gasteiger partial charge is 0.295 e. The number of hydrogen-bond donors (Lipinski definition) is 1. The van der Waals surface area contributed by atoms with Crippen molar-refractivity contribution < 1.29 is 9.18 Å². The zero-order chi connectivity index (χ0) is 20.4. The Morgan fingerprint density at radius 2 is 1.69 bits per heavy atom. The molecule has 0 saturated carbocycles. The van der Waals surface area contributed by atoms with E-state index < -0.39 is 11.7 Å². The molecule has 0 bridgehead atoms. The first-order valence-corrected chi connectivity index (χ1v) is 9.25.